The Morgan fingerprint density at radius 3 is 2.53 bits per heavy atom. The van der Waals surface area contributed by atoms with Crippen LogP contribution in [0.15, 0.2) is 73.1 Å². The van der Waals surface area contributed by atoms with Crippen LogP contribution in [0.2, 0.25) is 0 Å². The smallest absolute Gasteiger partial charge is 0.319 e. The van der Waals surface area contributed by atoms with Crippen LogP contribution >= 0.6 is 0 Å². The van der Waals surface area contributed by atoms with Crippen LogP contribution in [0.4, 0.5) is 16.2 Å². The summed E-state index contributed by atoms with van der Waals surface area (Å²) in [6, 6.07) is 19.4. The number of para-hydroxylation sites is 2. The first-order valence-electron chi connectivity index (χ1n) is 10.3. The normalized spacial score (nSPS) is 13.1. The van der Waals surface area contributed by atoms with Crippen molar-refractivity contribution in [2.75, 3.05) is 23.3 Å². The largest absolute Gasteiger partial charge is 0.487 e. The van der Waals surface area contributed by atoms with Gasteiger partial charge in [0, 0.05) is 37.7 Å². The number of anilines is 2. The number of aromatic nitrogens is 1. The Hall–Kier alpha value is -3.54. The standard InChI is InChI=1S/C24H26N4O2/c29-24(26-17-20-6-5-13-25-16-20)27-21-11-9-19(10-12-21)18-30-23-8-2-1-7-22(23)28-14-3-4-15-28/h1-2,5-13,16H,3-4,14-15,17-18H2,(H2,26,27,29). The van der Waals surface area contributed by atoms with E-state index in [1.165, 1.54) is 18.5 Å². The molecule has 2 amide bonds. The van der Waals surface area contributed by atoms with Crippen molar-refractivity contribution in [2.24, 2.45) is 0 Å². The molecule has 1 fully saturated rings. The molecule has 0 bridgehead atoms. The highest BCUT2D eigenvalue weighted by Crippen LogP contribution is 2.31. The number of urea groups is 1. The summed E-state index contributed by atoms with van der Waals surface area (Å²) in [7, 11) is 0. The number of nitrogens with zero attached hydrogens (tertiary/aromatic N) is 2. The van der Waals surface area contributed by atoms with E-state index in [-0.39, 0.29) is 6.03 Å². The summed E-state index contributed by atoms with van der Waals surface area (Å²) in [4.78, 5) is 18.5. The zero-order chi connectivity index (χ0) is 20.6. The summed E-state index contributed by atoms with van der Waals surface area (Å²) >= 11 is 0. The van der Waals surface area contributed by atoms with Crippen molar-refractivity contribution in [1.82, 2.24) is 10.3 Å². The first-order valence-corrected chi connectivity index (χ1v) is 10.3. The molecule has 3 aromatic rings. The van der Waals surface area contributed by atoms with E-state index in [9.17, 15) is 4.79 Å². The summed E-state index contributed by atoms with van der Waals surface area (Å²) in [6.07, 6.45) is 5.91. The molecule has 1 aliphatic rings. The van der Waals surface area contributed by atoms with Crippen molar-refractivity contribution in [1.29, 1.82) is 0 Å². The SMILES string of the molecule is O=C(NCc1cccnc1)Nc1ccc(COc2ccccc2N2CCCC2)cc1. The first kappa shape index (κ1) is 19.8. The van der Waals surface area contributed by atoms with Crippen molar-refractivity contribution in [3.63, 3.8) is 0 Å². The van der Waals surface area contributed by atoms with Gasteiger partial charge in [-0.1, -0.05) is 30.3 Å². The van der Waals surface area contributed by atoms with Crippen LogP contribution in [0.1, 0.15) is 24.0 Å². The highest BCUT2D eigenvalue weighted by Gasteiger charge is 2.16. The lowest BCUT2D eigenvalue weighted by atomic mass is 10.2. The predicted octanol–water partition coefficient (Wildman–Crippen LogP) is 4.58. The van der Waals surface area contributed by atoms with Crippen molar-refractivity contribution in [2.45, 2.75) is 26.0 Å². The van der Waals surface area contributed by atoms with Gasteiger partial charge in [0.25, 0.3) is 0 Å². The summed E-state index contributed by atoms with van der Waals surface area (Å²) < 4.78 is 6.10. The number of hydrogen-bond donors (Lipinski definition) is 2. The van der Waals surface area contributed by atoms with E-state index in [0.29, 0.717) is 13.2 Å². The molecular formula is C24H26N4O2. The van der Waals surface area contributed by atoms with Crippen LogP contribution in [-0.4, -0.2) is 24.1 Å². The summed E-state index contributed by atoms with van der Waals surface area (Å²) in [5.41, 5.74) is 3.90. The molecule has 4 rings (SSSR count). The summed E-state index contributed by atoms with van der Waals surface area (Å²) in [5.74, 6) is 0.913. The van der Waals surface area contributed by atoms with Crippen molar-refractivity contribution < 1.29 is 9.53 Å². The number of pyridine rings is 1. The maximum atomic E-state index is 12.1. The van der Waals surface area contributed by atoms with Crippen LogP contribution < -0.4 is 20.3 Å². The Balaban J connectivity index is 1.28. The van der Waals surface area contributed by atoms with E-state index in [0.717, 1.165) is 35.7 Å². The van der Waals surface area contributed by atoms with Gasteiger partial charge in [-0.15, -0.1) is 0 Å². The third-order valence-electron chi connectivity index (χ3n) is 5.09. The minimum atomic E-state index is -0.248. The Kier molecular flexibility index (Phi) is 6.44. The molecule has 6 nitrogen and oxygen atoms in total. The number of benzene rings is 2. The zero-order valence-electron chi connectivity index (χ0n) is 16.9. The maximum absolute atomic E-state index is 12.1. The van der Waals surface area contributed by atoms with Gasteiger partial charge in [0.1, 0.15) is 12.4 Å². The third kappa shape index (κ3) is 5.29. The van der Waals surface area contributed by atoms with Gasteiger partial charge in [-0.2, -0.15) is 0 Å². The van der Waals surface area contributed by atoms with Gasteiger partial charge >= 0.3 is 6.03 Å². The molecule has 2 N–H and O–H groups in total. The summed E-state index contributed by atoms with van der Waals surface area (Å²) in [5, 5.41) is 5.66. The van der Waals surface area contributed by atoms with Crippen LogP contribution in [0, 0.1) is 0 Å². The van der Waals surface area contributed by atoms with E-state index in [1.54, 1.807) is 12.4 Å². The molecule has 6 heteroatoms. The molecule has 2 heterocycles. The van der Waals surface area contributed by atoms with Crippen molar-refractivity contribution in [3.8, 4) is 5.75 Å². The quantitative estimate of drug-likeness (QED) is 0.607. The number of nitrogens with one attached hydrogen (secondary N) is 2. The first-order chi connectivity index (χ1) is 14.8. The minimum Gasteiger partial charge on any atom is -0.487 e. The molecule has 0 atom stereocenters. The fraction of sp³-hybridized carbons (Fsp3) is 0.250. The molecular weight excluding hydrogens is 376 g/mol. The Bertz CT molecular complexity index is 954. The van der Waals surface area contributed by atoms with Crippen molar-refractivity contribution in [3.05, 3.63) is 84.2 Å². The number of amides is 2. The maximum Gasteiger partial charge on any atom is 0.319 e. The molecule has 0 radical (unpaired) electrons. The second-order valence-corrected chi connectivity index (χ2v) is 7.32. The van der Waals surface area contributed by atoms with Gasteiger partial charge in [-0.25, -0.2) is 4.79 Å². The average Bonchev–Trinajstić information content (AvgIpc) is 3.33. The Labute approximate surface area is 176 Å². The topological polar surface area (TPSA) is 66.5 Å². The molecule has 30 heavy (non-hydrogen) atoms. The van der Waals surface area contributed by atoms with Gasteiger partial charge in [0.05, 0.1) is 5.69 Å². The number of rotatable bonds is 7. The fourth-order valence-corrected chi connectivity index (χ4v) is 3.50. The van der Waals surface area contributed by atoms with E-state index in [2.05, 4.69) is 32.7 Å². The van der Waals surface area contributed by atoms with Crippen LogP contribution in [0.3, 0.4) is 0 Å². The number of carbonyl (C=O) groups excluding carboxylic acids is 1. The Morgan fingerprint density at radius 2 is 1.77 bits per heavy atom. The van der Waals surface area contributed by atoms with Gasteiger partial charge < -0.3 is 20.3 Å². The predicted molar refractivity (Wildman–Crippen MR) is 119 cm³/mol. The molecule has 1 saturated heterocycles. The molecule has 0 aliphatic carbocycles. The Morgan fingerprint density at radius 1 is 0.967 bits per heavy atom. The van der Waals surface area contributed by atoms with E-state index in [1.807, 2.05) is 48.5 Å². The molecule has 0 saturated carbocycles. The highest BCUT2D eigenvalue weighted by atomic mass is 16.5. The fourth-order valence-electron chi connectivity index (χ4n) is 3.50. The van der Waals surface area contributed by atoms with Gasteiger partial charge in [-0.05, 0) is 54.3 Å². The second-order valence-electron chi connectivity index (χ2n) is 7.32. The molecule has 1 aromatic heterocycles. The van der Waals surface area contributed by atoms with Crippen molar-refractivity contribution >= 4 is 17.4 Å². The summed E-state index contributed by atoms with van der Waals surface area (Å²) in [6.45, 7) is 3.09. The number of ether oxygens (including phenoxy) is 1. The third-order valence-corrected chi connectivity index (χ3v) is 5.09. The van der Waals surface area contributed by atoms with E-state index >= 15 is 0 Å². The lowest BCUT2D eigenvalue weighted by Gasteiger charge is -2.21. The van der Waals surface area contributed by atoms with Gasteiger partial charge in [0.2, 0.25) is 0 Å². The highest BCUT2D eigenvalue weighted by molar-refractivity contribution is 5.89. The van der Waals surface area contributed by atoms with Crippen LogP contribution in [0.5, 0.6) is 5.75 Å². The molecule has 154 valence electrons. The molecule has 2 aromatic carbocycles. The van der Waals surface area contributed by atoms with E-state index < -0.39 is 0 Å². The number of hydrogen-bond acceptors (Lipinski definition) is 4. The van der Waals surface area contributed by atoms with Gasteiger partial charge in [0.15, 0.2) is 0 Å². The second kappa shape index (κ2) is 9.78. The minimum absolute atomic E-state index is 0.248. The van der Waals surface area contributed by atoms with Crippen LogP contribution in [-0.2, 0) is 13.2 Å². The van der Waals surface area contributed by atoms with Gasteiger partial charge in [-0.3, -0.25) is 4.98 Å². The number of carbonyl (C=O) groups is 1. The monoisotopic (exact) mass is 402 g/mol. The lowest BCUT2D eigenvalue weighted by molar-refractivity contribution is 0.251. The van der Waals surface area contributed by atoms with E-state index in [4.69, 9.17) is 4.74 Å². The average molecular weight is 402 g/mol. The molecule has 1 aliphatic heterocycles. The lowest BCUT2D eigenvalue weighted by Crippen LogP contribution is -2.28. The molecule has 0 spiro atoms. The molecule has 0 unspecified atom stereocenters. The zero-order valence-corrected chi connectivity index (χ0v) is 16.9. The van der Waals surface area contributed by atoms with Crippen LogP contribution in [0.25, 0.3) is 0 Å².